The minimum Gasteiger partial charge on any atom is -0.359 e. The van der Waals surface area contributed by atoms with Crippen molar-refractivity contribution < 1.29 is 14.1 Å². The van der Waals surface area contributed by atoms with Gasteiger partial charge < -0.3 is 19.6 Å². The Hall–Kier alpha value is -2.90. The number of rotatable bonds is 4. The maximum atomic E-state index is 12.2. The lowest BCUT2D eigenvalue weighted by Crippen LogP contribution is -2.54. The van der Waals surface area contributed by atoms with Crippen molar-refractivity contribution >= 4 is 11.9 Å². The average Bonchev–Trinajstić information content (AvgIpc) is 3.09. The quantitative estimate of drug-likeness (QED) is 0.907. The van der Waals surface area contributed by atoms with E-state index in [1.807, 2.05) is 25.1 Å². The van der Waals surface area contributed by atoms with E-state index in [0.29, 0.717) is 36.8 Å². The summed E-state index contributed by atoms with van der Waals surface area (Å²) in [7, 11) is 0. The molecular formula is C16H19N5O3. The van der Waals surface area contributed by atoms with Crippen LogP contribution in [0.1, 0.15) is 12.7 Å². The fourth-order valence-corrected chi connectivity index (χ4v) is 2.52. The van der Waals surface area contributed by atoms with Gasteiger partial charge in [-0.15, -0.1) is 0 Å². The van der Waals surface area contributed by atoms with E-state index in [-0.39, 0.29) is 25.0 Å². The van der Waals surface area contributed by atoms with Gasteiger partial charge in [0.05, 0.1) is 12.2 Å². The van der Waals surface area contributed by atoms with Crippen LogP contribution >= 0.6 is 0 Å². The first-order chi connectivity index (χ1) is 11.7. The van der Waals surface area contributed by atoms with Crippen molar-refractivity contribution in [2.45, 2.75) is 13.5 Å². The van der Waals surface area contributed by atoms with Gasteiger partial charge in [-0.3, -0.25) is 9.78 Å². The maximum absolute atomic E-state index is 12.2. The summed E-state index contributed by atoms with van der Waals surface area (Å²) in [4.78, 5) is 31.4. The Morgan fingerprint density at radius 1 is 1.33 bits per heavy atom. The van der Waals surface area contributed by atoms with Crippen LogP contribution in [0.25, 0.3) is 11.4 Å². The molecule has 3 heterocycles. The van der Waals surface area contributed by atoms with Crippen LogP contribution in [0.2, 0.25) is 0 Å². The first-order valence-corrected chi connectivity index (χ1v) is 7.85. The number of hydrogen-bond acceptors (Lipinski definition) is 5. The van der Waals surface area contributed by atoms with Gasteiger partial charge in [0.2, 0.25) is 5.91 Å². The van der Waals surface area contributed by atoms with E-state index in [1.54, 1.807) is 17.2 Å². The van der Waals surface area contributed by atoms with Crippen molar-refractivity contribution in [2.75, 3.05) is 26.2 Å². The molecule has 0 saturated carbocycles. The van der Waals surface area contributed by atoms with Crippen LogP contribution in [0.5, 0.6) is 0 Å². The predicted octanol–water partition coefficient (Wildman–Crippen LogP) is 1.11. The largest absolute Gasteiger partial charge is 0.359 e. The minimum absolute atomic E-state index is 0.0315. The monoisotopic (exact) mass is 329 g/mol. The fourth-order valence-electron chi connectivity index (χ4n) is 2.52. The first-order valence-electron chi connectivity index (χ1n) is 7.85. The van der Waals surface area contributed by atoms with Crippen LogP contribution < -0.4 is 5.32 Å². The molecule has 2 aromatic heterocycles. The summed E-state index contributed by atoms with van der Waals surface area (Å²) in [5.74, 6) is 0.499. The lowest BCUT2D eigenvalue weighted by Gasteiger charge is -2.33. The fraction of sp³-hybridized carbons (Fsp3) is 0.375. The summed E-state index contributed by atoms with van der Waals surface area (Å²) < 4.78 is 5.21. The molecular weight excluding hydrogens is 310 g/mol. The Labute approximate surface area is 139 Å². The molecule has 1 saturated heterocycles. The number of nitrogens with one attached hydrogen (secondary N) is 1. The number of carbonyl (C=O) groups excluding carboxylic acids is 2. The smallest absolute Gasteiger partial charge is 0.318 e. The normalized spacial score (nSPS) is 14.8. The third-order valence-corrected chi connectivity index (χ3v) is 3.89. The molecule has 2 aromatic rings. The zero-order valence-corrected chi connectivity index (χ0v) is 13.4. The highest BCUT2D eigenvalue weighted by Crippen LogP contribution is 2.16. The van der Waals surface area contributed by atoms with E-state index in [9.17, 15) is 9.59 Å². The molecule has 0 aliphatic carbocycles. The van der Waals surface area contributed by atoms with Gasteiger partial charge >= 0.3 is 6.03 Å². The van der Waals surface area contributed by atoms with E-state index in [4.69, 9.17) is 4.52 Å². The summed E-state index contributed by atoms with van der Waals surface area (Å²) in [5.41, 5.74) is 1.33. The topological polar surface area (TPSA) is 91.6 Å². The molecule has 24 heavy (non-hydrogen) atoms. The molecule has 0 unspecified atom stereocenters. The number of carbonyl (C=O) groups is 2. The molecule has 0 atom stereocenters. The number of piperazine rings is 1. The second kappa shape index (κ2) is 7.12. The summed E-state index contributed by atoms with van der Waals surface area (Å²) in [6.07, 6.45) is 1.68. The highest BCUT2D eigenvalue weighted by Gasteiger charge is 2.26. The standard InChI is InChI=1S/C16H19N5O3/c1-2-20-7-8-21(11-15(20)22)16(23)18-10-12-9-14(19-24-12)13-5-3-4-6-17-13/h3-6,9H,2,7-8,10-11H2,1H3,(H,18,23). The van der Waals surface area contributed by atoms with Gasteiger partial charge in [-0.25, -0.2) is 4.79 Å². The van der Waals surface area contributed by atoms with Gasteiger partial charge in [0.15, 0.2) is 5.76 Å². The van der Waals surface area contributed by atoms with E-state index >= 15 is 0 Å². The van der Waals surface area contributed by atoms with E-state index in [1.165, 1.54) is 4.90 Å². The van der Waals surface area contributed by atoms with Gasteiger partial charge in [0.1, 0.15) is 12.2 Å². The van der Waals surface area contributed by atoms with Gasteiger partial charge in [0, 0.05) is 31.9 Å². The average molecular weight is 329 g/mol. The van der Waals surface area contributed by atoms with E-state index in [2.05, 4.69) is 15.5 Å². The summed E-state index contributed by atoms with van der Waals surface area (Å²) in [6, 6.07) is 6.98. The van der Waals surface area contributed by atoms with Crippen molar-refractivity contribution in [3.8, 4) is 11.4 Å². The predicted molar refractivity (Wildman–Crippen MR) is 85.8 cm³/mol. The minimum atomic E-state index is -0.283. The highest BCUT2D eigenvalue weighted by molar-refractivity contribution is 5.85. The van der Waals surface area contributed by atoms with Crippen LogP contribution in [0.15, 0.2) is 35.0 Å². The molecule has 1 fully saturated rings. The molecule has 0 spiro atoms. The third kappa shape index (κ3) is 3.53. The van der Waals surface area contributed by atoms with Crippen molar-refractivity contribution in [2.24, 2.45) is 0 Å². The number of aromatic nitrogens is 2. The molecule has 0 bridgehead atoms. The molecule has 3 amide bonds. The number of pyridine rings is 1. The summed E-state index contributed by atoms with van der Waals surface area (Å²) in [6.45, 7) is 4.01. The lowest BCUT2D eigenvalue weighted by atomic mass is 10.2. The molecule has 8 heteroatoms. The third-order valence-electron chi connectivity index (χ3n) is 3.89. The SMILES string of the molecule is CCN1CCN(C(=O)NCc2cc(-c3ccccn3)no2)CC1=O. The number of nitrogens with zero attached hydrogens (tertiary/aromatic N) is 4. The van der Waals surface area contributed by atoms with E-state index in [0.717, 1.165) is 0 Å². The first kappa shape index (κ1) is 16.0. The zero-order chi connectivity index (χ0) is 16.9. The van der Waals surface area contributed by atoms with Crippen LogP contribution in [0, 0.1) is 0 Å². The van der Waals surface area contributed by atoms with Gasteiger partial charge in [-0.05, 0) is 19.1 Å². The Morgan fingerprint density at radius 2 is 2.21 bits per heavy atom. The molecule has 1 aliphatic heterocycles. The van der Waals surface area contributed by atoms with Crippen LogP contribution in [-0.2, 0) is 11.3 Å². The molecule has 1 aliphatic rings. The second-order valence-corrected chi connectivity index (χ2v) is 5.45. The summed E-state index contributed by atoms with van der Waals surface area (Å²) >= 11 is 0. The Balaban J connectivity index is 1.54. The van der Waals surface area contributed by atoms with Gasteiger partial charge in [-0.2, -0.15) is 0 Å². The number of likely N-dealkylation sites (N-methyl/N-ethyl adjacent to an activating group) is 1. The molecule has 126 valence electrons. The summed E-state index contributed by atoms with van der Waals surface area (Å²) in [5, 5.41) is 6.70. The van der Waals surface area contributed by atoms with Crippen molar-refractivity contribution in [3.63, 3.8) is 0 Å². The lowest BCUT2D eigenvalue weighted by molar-refractivity contribution is -0.134. The second-order valence-electron chi connectivity index (χ2n) is 5.45. The van der Waals surface area contributed by atoms with Crippen molar-refractivity contribution in [3.05, 3.63) is 36.2 Å². The molecule has 0 radical (unpaired) electrons. The van der Waals surface area contributed by atoms with Crippen molar-refractivity contribution in [1.82, 2.24) is 25.3 Å². The number of urea groups is 1. The van der Waals surface area contributed by atoms with Crippen LogP contribution in [0.4, 0.5) is 4.79 Å². The number of amides is 3. The van der Waals surface area contributed by atoms with E-state index < -0.39 is 0 Å². The maximum Gasteiger partial charge on any atom is 0.318 e. The molecule has 3 rings (SSSR count). The molecule has 0 aromatic carbocycles. The number of hydrogen-bond donors (Lipinski definition) is 1. The van der Waals surface area contributed by atoms with Crippen LogP contribution in [0.3, 0.4) is 0 Å². The Kier molecular flexibility index (Phi) is 4.74. The zero-order valence-electron chi connectivity index (χ0n) is 13.4. The van der Waals surface area contributed by atoms with Gasteiger partial charge in [0.25, 0.3) is 0 Å². The van der Waals surface area contributed by atoms with Crippen molar-refractivity contribution in [1.29, 1.82) is 0 Å². The Bertz CT molecular complexity index is 716. The highest BCUT2D eigenvalue weighted by atomic mass is 16.5. The molecule has 1 N–H and O–H groups in total. The Morgan fingerprint density at radius 3 is 2.92 bits per heavy atom. The van der Waals surface area contributed by atoms with Gasteiger partial charge in [-0.1, -0.05) is 11.2 Å². The molecule has 8 nitrogen and oxygen atoms in total. The van der Waals surface area contributed by atoms with Crippen LogP contribution in [-0.4, -0.2) is 58.1 Å².